The van der Waals surface area contributed by atoms with Crippen LogP contribution in [0.3, 0.4) is 0 Å². The lowest BCUT2D eigenvalue weighted by molar-refractivity contribution is 0.0915. The summed E-state index contributed by atoms with van der Waals surface area (Å²) >= 11 is 0. The second-order valence-corrected chi connectivity index (χ2v) is 9.65. The zero-order valence-corrected chi connectivity index (χ0v) is 17.8. The third-order valence-corrected chi connectivity index (χ3v) is 7.64. The third kappa shape index (κ3) is 3.81. The average Bonchev–Trinajstić information content (AvgIpc) is 3.10. The second-order valence-electron chi connectivity index (χ2n) is 9.65. The molecule has 7 unspecified atom stereocenters. The number of nitrogens with two attached hydrogens (primary N) is 1. The van der Waals surface area contributed by atoms with Crippen LogP contribution < -0.4 is 5.73 Å². The number of hydrogen-bond acceptors (Lipinski definition) is 2. The minimum atomic E-state index is 0.238. The molecular weight excluding hydrogens is 342 g/mol. The predicted molar refractivity (Wildman–Crippen MR) is 117 cm³/mol. The van der Waals surface area contributed by atoms with Crippen molar-refractivity contribution in [2.75, 3.05) is 0 Å². The molecule has 0 spiro atoms. The van der Waals surface area contributed by atoms with Crippen LogP contribution in [0.5, 0.6) is 0 Å². The average molecular weight is 380 g/mol. The highest BCUT2D eigenvalue weighted by atomic mass is 16.5. The first-order chi connectivity index (χ1) is 13.6. The van der Waals surface area contributed by atoms with Crippen molar-refractivity contribution < 1.29 is 4.74 Å². The molecule has 152 valence electrons. The Morgan fingerprint density at radius 3 is 2.61 bits per heavy atom. The van der Waals surface area contributed by atoms with Crippen LogP contribution in [0.1, 0.15) is 52.9 Å². The Morgan fingerprint density at radius 1 is 1.07 bits per heavy atom. The molecule has 28 heavy (non-hydrogen) atoms. The Balaban J connectivity index is 1.50. The van der Waals surface area contributed by atoms with Gasteiger partial charge in [-0.05, 0) is 67.4 Å². The minimum Gasteiger partial charge on any atom is -0.489 e. The van der Waals surface area contributed by atoms with Crippen LogP contribution in [0, 0.1) is 35.5 Å². The molecule has 1 aliphatic heterocycles. The van der Waals surface area contributed by atoms with Crippen LogP contribution in [0.25, 0.3) is 0 Å². The molecule has 0 aromatic rings. The maximum absolute atomic E-state index is 6.71. The zero-order valence-electron chi connectivity index (χ0n) is 17.8. The van der Waals surface area contributed by atoms with E-state index in [4.69, 9.17) is 10.5 Å². The smallest absolute Gasteiger partial charge is 0.127 e. The molecule has 2 N–H and O–H groups in total. The molecule has 1 heterocycles. The molecule has 4 rings (SSSR count). The molecule has 0 radical (unpaired) electrons. The van der Waals surface area contributed by atoms with Crippen molar-refractivity contribution in [2.24, 2.45) is 41.2 Å². The van der Waals surface area contributed by atoms with Gasteiger partial charge in [0.15, 0.2) is 0 Å². The fraction of sp³-hybridized carbons (Fsp3) is 0.615. The summed E-state index contributed by atoms with van der Waals surface area (Å²) in [6.45, 7) is 7.22. The first-order valence-corrected chi connectivity index (χ1v) is 11.4. The monoisotopic (exact) mass is 379 g/mol. The fourth-order valence-electron chi connectivity index (χ4n) is 5.96. The predicted octanol–water partition coefficient (Wildman–Crippen LogP) is 5.94. The summed E-state index contributed by atoms with van der Waals surface area (Å²) in [5.74, 6) is 4.73. The van der Waals surface area contributed by atoms with Gasteiger partial charge in [0.05, 0.1) is 0 Å². The summed E-state index contributed by atoms with van der Waals surface area (Å²) in [6, 6.07) is 0.242. The normalized spacial score (nSPS) is 34.2. The van der Waals surface area contributed by atoms with E-state index in [2.05, 4.69) is 69.4 Å². The van der Waals surface area contributed by atoms with Crippen molar-refractivity contribution in [2.45, 2.75) is 65.0 Å². The van der Waals surface area contributed by atoms with Crippen LogP contribution >= 0.6 is 0 Å². The van der Waals surface area contributed by atoms with E-state index in [0.717, 1.165) is 12.8 Å². The van der Waals surface area contributed by atoms with Crippen molar-refractivity contribution >= 4 is 0 Å². The van der Waals surface area contributed by atoms with Crippen molar-refractivity contribution in [3.05, 3.63) is 59.9 Å². The summed E-state index contributed by atoms with van der Waals surface area (Å²) < 4.78 is 6.54. The van der Waals surface area contributed by atoms with Gasteiger partial charge in [0.1, 0.15) is 11.9 Å². The Kier molecular flexibility index (Phi) is 5.96. The first-order valence-electron chi connectivity index (χ1n) is 11.4. The molecule has 0 saturated carbocycles. The molecule has 0 amide bonds. The van der Waals surface area contributed by atoms with Gasteiger partial charge in [-0.1, -0.05) is 63.3 Å². The summed E-state index contributed by atoms with van der Waals surface area (Å²) in [5.41, 5.74) is 8.29. The quantitative estimate of drug-likeness (QED) is 0.620. The van der Waals surface area contributed by atoms with E-state index in [1.807, 2.05) is 0 Å². The topological polar surface area (TPSA) is 35.2 Å². The van der Waals surface area contributed by atoms with E-state index in [-0.39, 0.29) is 12.1 Å². The largest absolute Gasteiger partial charge is 0.489 e. The van der Waals surface area contributed by atoms with Crippen LogP contribution in [-0.2, 0) is 4.74 Å². The maximum Gasteiger partial charge on any atom is 0.127 e. The van der Waals surface area contributed by atoms with E-state index >= 15 is 0 Å². The molecule has 0 bridgehead atoms. The number of fused-ring (bicyclic) bond motifs is 2. The highest BCUT2D eigenvalue weighted by Crippen LogP contribution is 2.49. The molecule has 0 saturated heterocycles. The van der Waals surface area contributed by atoms with E-state index in [9.17, 15) is 0 Å². The summed E-state index contributed by atoms with van der Waals surface area (Å²) in [6.07, 6.45) is 24.0. The Bertz CT molecular complexity index is 710. The Hall–Kier alpha value is -1.54. The van der Waals surface area contributed by atoms with E-state index in [0.29, 0.717) is 35.5 Å². The number of ether oxygens (including phenoxy) is 1. The molecule has 0 fully saturated rings. The van der Waals surface area contributed by atoms with E-state index in [1.54, 1.807) is 5.57 Å². The highest BCUT2D eigenvalue weighted by Gasteiger charge is 2.43. The molecule has 7 atom stereocenters. The van der Waals surface area contributed by atoms with Crippen LogP contribution in [-0.4, -0.2) is 12.1 Å². The van der Waals surface area contributed by atoms with Crippen molar-refractivity contribution in [3.63, 3.8) is 0 Å². The minimum absolute atomic E-state index is 0.238. The standard InChI is InChI=1S/C26H37NO/c1-17(2)23(16-24(27)19-10-5-4-6-11-19)18(3)20-13-9-14-22-21-12-7-8-15-25(21)28-26(20)22/h4-8,10,12,15,17-21,23-25H,9,11,13-14,16,27H2,1-3H3. The van der Waals surface area contributed by atoms with Crippen molar-refractivity contribution in [3.8, 4) is 0 Å². The molecule has 3 aliphatic carbocycles. The fourth-order valence-corrected chi connectivity index (χ4v) is 5.96. The van der Waals surface area contributed by atoms with Gasteiger partial charge in [0, 0.05) is 17.9 Å². The summed E-state index contributed by atoms with van der Waals surface area (Å²) in [7, 11) is 0. The van der Waals surface area contributed by atoms with E-state index < -0.39 is 0 Å². The third-order valence-electron chi connectivity index (χ3n) is 7.64. The summed E-state index contributed by atoms with van der Waals surface area (Å²) in [5, 5.41) is 0. The zero-order chi connectivity index (χ0) is 19.7. The molecule has 2 heteroatoms. The number of hydrogen-bond donors (Lipinski definition) is 1. The number of rotatable bonds is 6. The van der Waals surface area contributed by atoms with Gasteiger partial charge < -0.3 is 10.5 Å². The lowest BCUT2D eigenvalue weighted by Crippen LogP contribution is -2.37. The van der Waals surface area contributed by atoms with Gasteiger partial charge >= 0.3 is 0 Å². The lowest BCUT2D eigenvalue weighted by atomic mass is 9.68. The maximum atomic E-state index is 6.71. The van der Waals surface area contributed by atoms with Gasteiger partial charge in [-0.2, -0.15) is 0 Å². The van der Waals surface area contributed by atoms with Crippen LogP contribution in [0.15, 0.2) is 59.9 Å². The van der Waals surface area contributed by atoms with E-state index in [1.165, 1.54) is 25.0 Å². The Morgan fingerprint density at radius 2 is 1.86 bits per heavy atom. The molecule has 0 aromatic carbocycles. The van der Waals surface area contributed by atoms with Crippen molar-refractivity contribution in [1.82, 2.24) is 0 Å². The first kappa shape index (κ1) is 19.8. The van der Waals surface area contributed by atoms with Gasteiger partial charge in [-0.15, -0.1) is 0 Å². The second kappa shape index (κ2) is 8.45. The lowest BCUT2D eigenvalue weighted by Gasteiger charge is -2.38. The molecule has 0 aromatic heterocycles. The van der Waals surface area contributed by atoms with Gasteiger partial charge in [0.25, 0.3) is 0 Å². The van der Waals surface area contributed by atoms with Gasteiger partial charge in [-0.25, -0.2) is 0 Å². The van der Waals surface area contributed by atoms with Crippen LogP contribution in [0.2, 0.25) is 0 Å². The molecule has 2 nitrogen and oxygen atoms in total. The Labute approximate surface area is 171 Å². The van der Waals surface area contributed by atoms with Gasteiger partial charge in [0.2, 0.25) is 0 Å². The number of allylic oxidation sites excluding steroid dienone is 6. The molecular formula is C26H37NO. The summed E-state index contributed by atoms with van der Waals surface area (Å²) in [4.78, 5) is 0. The van der Waals surface area contributed by atoms with Crippen LogP contribution in [0.4, 0.5) is 0 Å². The molecule has 4 aliphatic rings. The SMILES string of the molecule is CC(C)C(CC(N)C1C=CC=CC1)C(C)C1CCCC2=C1OC1C=CC=CC21. The van der Waals surface area contributed by atoms with Gasteiger partial charge in [-0.3, -0.25) is 0 Å². The van der Waals surface area contributed by atoms with Crippen molar-refractivity contribution in [1.29, 1.82) is 0 Å². The highest BCUT2D eigenvalue weighted by molar-refractivity contribution is 5.34.